The van der Waals surface area contributed by atoms with Crippen molar-refractivity contribution < 1.29 is 4.74 Å². The molecule has 30 heavy (non-hydrogen) atoms. The summed E-state index contributed by atoms with van der Waals surface area (Å²) in [6.45, 7) is 3.43. The molecule has 1 aliphatic heterocycles. The fraction of sp³-hybridized carbons (Fsp3) is 0.261. The second kappa shape index (κ2) is 8.12. The average molecular weight is 400 g/mol. The fourth-order valence-electron chi connectivity index (χ4n) is 3.85. The zero-order chi connectivity index (χ0) is 20.3. The number of aromatic nitrogens is 4. The molecule has 0 radical (unpaired) electrons. The maximum absolute atomic E-state index is 5.15. The van der Waals surface area contributed by atoms with Gasteiger partial charge in [-0.3, -0.25) is 4.90 Å². The molecule has 7 heteroatoms. The van der Waals surface area contributed by atoms with Crippen molar-refractivity contribution in [1.82, 2.24) is 24.5 Å². The quantitative estimate of drug-likeness (QED) is 0.525. The highest BCUT2D eigenvalue weighted by Gasteiger charge is 2.12. The Morgan fingerprint density at radius 1 is 0.933 bits per heavy atom. The number of nitrogens with one attached hydrogen (secondary N) is 1. The molecule has 7 nitrogen and oxygen atoms in total. The van der Waals surface area contributed by atoms with Gasteiger partial charge in [0.15, 0.2) is 0 Å². The smallest absolute Gasteiger partial charge is 0.245 e. The number of benzene rings is 1. The van der Waals surface area contributed by atoms with Crippen molar-refractivity contribution in [2.75, 3.05) is 25.5 Å². The summed E-state index contributed by atoms with van der Waals surface area (Å²) in [5.74, 6) is 1.14. The van der Waals surface area contributed by atoms with Gasteiger partial charge in [-0.25, -0.2) is 14.5 Å². The van der Waals surface area contributed by atoms with E-state index in [-0.39, 0.29) is 0 Å². The van der Waals surface area contributed by atoms with Crippen LogP contribution in [0.25, 0.3) is 16.8 Å². The maximum Gasteiger partial charge on any atom is 0.245 e. The molecule has 1 aromatic carbocycles. The Balaban J connectivity index is 1.35. The molecule has 1 N–H and O–H groups in total. The standard InChI is InChI=1S/C23H24N6O/c1-30-22-11-6-18(14-24-22)21-10-9-20-15-25-23(27-29(20)21)26-19-7-4-17(5-8-19)16-28-12-2-3-13-28/h4-11,14-15H,2-3,12-13,16H2,1H3,(H,26,27). The topological polar surface area (TPSA) is 67.6 Å². The zero-order valence-electron chi connectivity index (χ0n) is 17.0. The highest BCUT2D eigenvalue weighted by atomic mass is 16.5. The van der Waals surface area contributed by atoms with Crippen LogP contribution in [0.2, 0.25) is 0 Å². The molecular weight excluding hydrogens is 376 g/mol. The molecule has 4 aromatic rings. The SMILES string of the molecule is COc1ccc(-c2ccc3cnc(Nc4ccc(CN5CCCC5)cc4)nn23)cn1. The van der Waals surface area contributed by atoms with Gasteiger partial charge in [-0.1, -0.05) is 12.1 Å². The summed E-state index contributed by atoms with van der Waals surface area (Å²) in [4.78, 5) is 11.3. The van der Waals surface area contributed by atoms with Gasteiger partial charge in [-0.15, -0.1) is 5.10 Å². The number of nitrogens with zero attached hydrogens (tertiary/aromatic N) is 5. The number of hydrogen-bond donors (Lipinski definition) is 1. The van der Waals surface area contributed by atoms with E-state index in [1.54, 1.807) is 13.3 Å². The Bertz CT molecular complexity index is 1130. The number of ether oxygens (including phenoxy) is 1. The van der Waals surface area contributed by atoms with Gasteiger partial charge in [0.05, 0.1) is 24.5 Å². The van der Waals surface area contributed by atoms with E-state index in [1.165, 1.54) is 31.5 Å². The molecule has 1 saturated heterocycles. The van der Waals surface area contributed by atoms with E-state index >= 15 is 0 Å². The molecule has 0 amide bonds. The van der Waals surface area contributed by atoms with Crippen LogP contribution in [0.3, 0.4) is 0 Å². The van der Waals surface area contributed by atoms with Crippen molar-refractivity contribution in [2.45, 2.75) is 19.4 Å². The van der Waals surface area contributed by atoms with Crippen LogP contribution in [0.1, 0.15) is 18.4 Å². The summed E-state index contributed by atoms with van der Waals surface area (Å²) in [5, 5.41) is 7.99. The van der Waals surface area contributed by atoms with Crippen molar-refractivity contribution in [3.05, 3.63) is 66.5 Å². The maximum atomic E-state index is 5.15. The Hall–Kier alpha value is -3.45. The summed E-state index contributed by atoms with van der Waals surface area (Å²) < 4.78 is 7.02. The number of fused-ring (bicyclic) bond motifs is 1. The van der Waals surface area contributed by atoms with E-state index < -0.39 is 0 Å². The number of hydrogen-bond acceptors (Lipinski definition) is 6. The van der Waals surface area contributed by atoms with Gasteiger partial charge in [-0.05, 0) is 61.8 Å². The highest BCUT2D eigenvalue weighted by Crippen LogP contribution is 2.23. The lowest BCUT2D eigenvalue weighted by molar-refractivity contribution is 0.331. The van der Waals surface area contributed by atoms with E-state index in [0.717, 1.165) is 29.0 Å². The van der Waals surface area contributed by atoms with E-state index in [0.29, 0.717) is 11.8 Å². The predicted octanol–water partition coefficient (Wildman–Crippen LogP) is 4.14. The summed E-state index contributed by atoms with van der Waals surface area (Å²) in [6.07, 6.45) is 6.23. The number of methoxy groups -OCH3 is 1. The van der Waals surface area contributed by atoms with Crippen molar-refractivity contribution in [3.8, 4) is 17.1 Å². The molecule has 152 valence electrons. The lowest BCUT2D eigenvalue weighted by Gasteiger charge is -2.14. The van der Waals surface area contributed by atoms with Crippen molar-refractivity contribution in [1.29, 1.82) is 0 Å². The van der Waals surface area contributed by atoms with Crippen LogP contribution in [0, 0.1) is 0 Å². The Kier molecular flexibility index (Phi) is 5.03. The Morgan fingerprint density at radius 2 is 1.77 bits per heavy atom. The number of rotatable bonds is 6. The van der Waals surface area contributed by atoms with Gasteiger partial charge in [-0.2, -0.15) is 0 Å². The third-order valence-electron chi connectivity index (χ3n) is 5.45. The van der Waals surface area contributed by atoms with Crippen LogP contribution in [0.5, 0.6) is 5.88 Å². The van der Waals surface area contributed by atoms with Crippen LogP contribution in [-0.4, -0.2) is 44.7 Å². The molecule has 3 aromatic heterocycles. The van der Waals surface area contributed by atoms with Crippen molar-refractivity contribution >= 4 is 17.2 Å². The second-order valence-electron chi connectivity index (χ2n) is 7.53. The molecule has 0 saturated carbocycles. The number of likely N-dealkylation sites (tertiary alicyclic amines) is 1. The third-order valence-corrected chi connectivity index (χ3v) is 5.45. The van der Waals surface area contributed by atoms with Gasteiger partial charge < -0.3 is 10.1 Å². The first kappa shape index (κ1) is 18.6. The molecule has 0 spiro atoms. The highest BCUT2D eigenvalue weighted by molar-refractivity contribution is 5.66. The van der Waals surface area contributed by atoms with Gasteiger partial charge in [0.1, 0.15) is 0 Å². The molecule has 0 unspecified atom stereocenters. The Labute approximate surface area is 175 Å². The second-order valence-corrected chi connectivity index (χ2v) is 7.53. The van der Waals surface area contributed by atoms with E-state index in [9.17, 15) is 0 Å². The molecule has 0 bridgehead atoms. The minimum Gasteiger partial charge on any atom is -0.481 e. The first-order valence-corrected chi connectivity index (χ1v) is 10.2. The summed E-state index contributed by atoms with van der Waals surface area (Å²) in [6, 6.07) is 16.3. The first-order chi connectivity index (χ1) is 14.8. The normalized spacial score (nSPS) is 14.3. The molecule has 0 aliphatic carbocycles. The van der Waals surface area contributed by atoms with Crippen molar-refractivity contribution in [3.63, 3.8) is 0 Å². The van der Waals surface area contributed by atoms with Gasteiger partial charge in [0.2, 0.25) is 11.8 Å². The zero-order valence-corrected chi connectivity index (χ0v) is 17.0. The van der Waals surface area contributed by atoms with Crippen molar-refractivity contribution in [2.24, 2.45) is 0 Å². The minimum absolute atomic E-state index is 0.550. The van der Waals surface area contributed by atoms with Gasteiger partial charge >= 0.3 is 0 Å². The lowest BCUT2D eigenvalue weighted by Crippen LogP contribution is -2.18. The monoisotopic (exact) mass is 400 g/mol. The van der Waals surface area contributed by atoms with Crippen LogP contribution < -0.4 is 10.1 Å². The molecule has 0 atom stereocenters. The average Bonchev–Trinajstić information content (AvgIpc) is 3.45. The largest absolute Gasteiger partial charge is 0.481 e. The Morgan fingerprint density at radius 3 is 2.50 bits per heavy atom. The van der Waals surface area contributed by atoms with Crippen LogP contribution >= 0.6 is 0 Å². The molecule has 1 aliphatic rings. The van der Waals surface area contributed by atoms with Gasteiger partial charge in [0.25, 0.3) is 0 Å². The van der Waals surface area contributed by atoms with E-state index in [4.69, 9.17) is 4.74 Å². The molecule has 4 heterocycles. The first-order valence-electron chi connectivity index (χ1n) is 10.2. The third kappa shape index (κ3) is 3.84. The van der Waals surface area contributed by atoms with E-state index in [2.05, 4.69) is 49.5 Å². The summed E-state index contributed by atoms with van der Waals surface area (Å²) in [5.41, 5.74) is 5.14. The van der Waals surface area contributed by atoms with E-state index in [1.807, 2.05) is 35.0 Å². The molecular formula is C23H24N6O. The molecule has 1 fully saturated rings. The number of anilines is 2. The summed E-state index contributed by atoms with van der Waals surface area (Å²) >= 11 is 0. The van der Waals surface area contributed by atoms with Crippen LogP contribution in [0.4, 0.5) is 11.6 Å². The predicted molar refractivity (Wildman–Crippen MR) is 117 cm³/mol. The van der Waals surface area contributed by atoms with Gasteiger partial charge in [0, 0.05) is 30.1 Å². The van der Waals surface area contributed by atoms with Crippen LogP contribution in [-0.2, 0) is 6.54 Å². The minimum atomic E-state index is 0.550. The number of pyridine rings is 1. The van der Waals surface area contributed by atoms with Crippen LogP contribution in [0.15, 0.2) is 60.9 Å². The lowest BCUT2D eigenvalue weighted by atomic mass is 10.2. The summed E-state index contributed by atoms with van der Waals surface area (Å²) in [7, 11) is 1.61. The molecule has 5 rings (SSSR count). The fourth-order valence-corrected chi connectivity index (χ4v) is 3.85.